The van der Waals surface area contributed by atoms with Gasteiger partial charge in [0.25, 0.3) is 5.91 Å². The van der Waals surface area contributed by atoms with Crippen LogP contribution in [-0.4, -0.2) is 25.7 Å². The van der Waals surface area contributed by atoms with Crippen LogP contribution in [0.1, 0.15) is 79.0 Å². The summed E-state index contributed by atoms with van der Waals surface area (Å²) in [5, 5.41) is 6.42. The Morgan fingerprint density at radius 2 is 1.63 bits per heavy atom. The predicted molar refractivity (Wildman–Crippen MR) is 150 cm³/mol. The van der Waals surface area contributed by atoms with Crippen molar-refractivity contribution >= 4 is 22.8 Å². The fraction of sp³-hybridized carbons (Fsp3) is 0.400. The lowest BCUT2D eigenvalue weighted by molar-refractivity contribution is 0.0980. The first kappa shape index (κ1) is 25.9. The maximum Gasteiger partial charge on any atom is 0.292 e. The largest absolute Gasteiger partial charge is 0.439 e. The number of hydrogen-bond donors (Lipinski definition) is 1. The number of aromatic nitrogens is 4. The highest BCUT2D eigenvalue weighted by atomic mass is 16.5. The monoisotopic (exact) mass is 512 g/mol. The molecule has 0 saturated carbocycles. The SMILES string of the molecule is Cc1cc2c(cc1Oc1cccc(C(=O)N(N)c3cc(C)c4c(C)nn(C)c4n3)n1)C(C)(C)CCC2(C)C. The molecular formula is C30H36N6O2. The molecule has 3 heterocycles. The lowest BCUT2D eigenvalue weighted by atomic mass is 9.63. The van der Waals surface area contributed by atoms with Gasteiger partial charge >= 0.3 is 0 Å². The standard InChI is InChI=1S/C30H36N6O2/c1-17-14-20-21(30(6,7)13-12-29(20,4)5)16-23(17)38-25-11-9-10-22(32-25)28(37)36(31)24-15-18(2)26-19(3)34-35(8)27(26)33-24/h9-11,14-16H,12-13,31H2,1-8H3. The number of pyridine rings is 2. The number of carbonyl (C=O) groups is 1. The number of aryl methyl sites for hydroxylation is 4. The van der Waals surface area contributed by atoms with Crippen LogP contribution >= 0.6 is 0 Å². The van der Waals surface area contributed by atoms with Gasteiger partial charge in [-0.25, -0.2) is 20.8 Å². The molecule has 0 radical (unpaired) electrons. The van der Waals surface area contributed by atoms with Crippen molar-refractivity contribution in [1.29, 1.82) is 0 Å². The summed E-state index contributed by atoms with van der Waals surface area (Å²) in [6.07, 6.45) is 2.26. The molecule has 1 amide bonds. The van der Waals surface area contributed by atoms with Gasteiger partial charge in [0, 0.05) is 18.5 Å². The van der Waals surface area contributed by atoms with Crippen LogP contribution in [-0.2, 0) is 17.9 Å². The average molecular weight is 513 g/mol. The van der Waals surface area contributed by atoms with Crippen LogP contribution in [0.5, 0.6) is 11.6 Å². The van der Waals surface area contributed by atoms with Crippen molar-refractivity contribution in [3.63, 3.8) is 0 Å². The zero-order valence-electron chi connectivity index (χ0n) is 23.5. The number of benzene rings is 1. The second kappa shape index (κ2) is 8.91. The van der Waals surface area contributed by atoms with Crippen molar-refractivity contribution in [3.05, 3.63) is 70.0 Å². The van der Waals surface area contributed by atoms with Crippen molar-refractivity contribution < 1.29 is 9.53 Å². The van der Waals surface area contributed by atoms with Crippen molar-refractivity contribution in [2.45, 2.75) is 72.1 Å². The van der Waals surface area contributed by atoms with Gasteiger partial charge in [-0.3, -0.25) is 9.48 Å². The summed E-state index contributed by atoms with van der Waals surface area (Å²) in [4.78, 5) is 22.4. The Labute approximate surface area is 223 Å². The number of nitrogens with zero attached hydrogens (tertiary/aromatic N) is 5. The molecule has 0 bridgehead atoms. The van der Waals surface area contributed by atoms with E-state index in [0.717, 1.165) is 45.8 Å². The molecule has 8 heteroatoms. The molecule has 0 aliphatic heterocycles. The normalized spacial score (nSPS) is 15.8. The Kier molecular flexibility index (Phi) is 6.06. The number of ether oxygens (including phenoxy) is 1. The second-order valence-electron chi connectivity index (χ2n) is 11.8. The highest BCUT2D eigenvalue weighted by molar-refractivity contribution is 6.04. The summed E-state index contributed by atoms with van der Waals surface area (Å²) in [6.45, 7) is 15.1. The summed E-state index contributed by atoms with van der Waals surface area (Å²) in [5.74, 6) is 7.18. The lowest BCUT2D eigenvalue weighted by Crippen LogP contribution is -2.38. The maximum atomic E-state index is 13.3. The number of nitrogens with two attached hydrogens (primary N) is 1. The zero-order valence-corrected chi connectivity index (χ0v) is 23.5. The van der Waals surface area contributed by atoms with E-state index in [0.29, 0.717) is 17.3 Å². The van der Waals surface area contributed by atoms with Crippen molar-refractivity contribution in [2.24, 2.45) is 12.9 Å². The van der Waals surface area contributed by atoms with Crippen LogP contribution in [0.2, 0.25) is 0 Å². The Morgan fingerprint density at radius 3 is 2.32 bits per heavy atom. The smallest absolute Gasteiger partial charge is 0.292 e. The third-order valence-corrected chi connectivity index (χ3v) is 7.92. The van der Waals surface area contributed by atoms with Crippen LogP contribution in [0.4, 0.5) is 5.82 Å². The molecule has 0 atom stereocenters. The summed E-state index contributed by atoms with van der Waals surface area (Å²) in [7, 11) is 1.82. The van der Waals surface area contributed by atoms with E-state index in [1.54, 1.807) is 28.9 Å². The van der Waals surface area contributed by atoms with E-state index in [1.165, 1.54) is 11.1 Å². The minimum atomic E-state index is -0.481. The molecule has 1 aliphatic rings. The molecule has 3 aromatic heterocycles. The van der Waals surface area contributed by atoms with E-state index in [1.807, 2.05) is 27.8 Å². The Bertz CT molecular complexity index is 1580. The van der Waals surface area contributed by atoms with Crippen molar-refractivity contribution in [3.8, 4) is 11.6 Å². The molecule has 8 nitrogen and oxygen atoms in total. The number of fused-ring (bicyclic) bond motifs is 2. The van der Waals surface area contributed by atoms with Gasteiger partial charge in [-0.15, -0.1) is 0 Å². The first-order valence-electron chi connectivity index (χ1n) is 13.0. The molecule has 0 saturated heterocycles. The number of anilines is 1. The summed E-state index contributed by atoms with van der Waals surface area (Å²) in [6, 6.07) is 11.3. The minimum absolute atomic E-state index is 0.0561. The molecule has 0 spiro atoms. The van der Waals surface area contributed by atoms with Crippen LogP contribution in [0.3, 0.4) is 0 Å². The molecule has 0 fully saturated rings. The fourth-order valence-corrected chi connectivity index (χ4v) is 5.51. The maximum absolute atomic E-state index is 13.3. The molecule has 2 N–H and O–H groups in total. The first-order valence-corrected chi connectivity index (χ1v) is 13.0. The minimum Gasteiger partial charge on any atom is -0.439 e. The van der Waals surface area contributed by atoms with E-state index in [4.69, 9.17) is 10.6 Å². The number of amides is 1. The molecule has 0 unspecified atom stereocenters. The van der Waals surface area contributed by atoms with Gasteiger partial charge in [-0.05, 0) is 84.9 Å². The van der Waals surface area contributed by atoms with Gasteiger partial charge in [-0.2, -0.15) is 5.10 Å². The van der Waals surface area contributed by atoms with Gasteiger partial charge in [0.05, 0.1) is 5.69 Å². The number of rotatable bonds is 4. The Morgan fingerprint density at radius 1 is 0.974 bits per heavy atom. The number of carbonyl (C=O) groups excluding carboxylic acids is 1. The molecule has 5 rings (SSSR count). The van der Waals surface area contributed by atoms with Crippen LogP contribution in [0, 0.1) is 20.8 Å². The molecule has 4 aromatic rings. The van der Waals surface area contributed by atoms with Gasteiger partial charge in [0.2, 0.25) is 5.88 Å². The summed E-state index contributed by atoms with van der Waals surface area (Å²) < 4.78 is 7.95. The Balaban J connectivity index is 1.45. The van der Waals surface area contributed by atoms with Crippen molar-refractivity contribution in [2.75, 3.05) is 5.01 Å². The molecule has 1 aromatic carbocycles. The van der Waals surface area contributed by atoms with E-state index < -0.39 is 5.91 Å². The van der Waals surface area contributed by atoms with E-state index in [9.17, 15) is 4.79 Å². The van der Waals surface area contributed by atoms with Crippen LogP contribution in [0.15, 0.2) is 36.4 Å². The quantitative estimate of drug-likeness (QED) is 0.206. The van der Waals surface area contributed by atoms with E-state index in [-0.39, 0.29) is 16.5 Å². The predicted octanol–water partition coefficient (Wildman–Crippen LogP) is 5.95. The topological polar surface area (TPSA) is 99.2 Å². The second-order valence-corrected chi connectivity index (χ2v) is 11.8. The van der Waals surface area contributed by atoms with Gasteiger partial charge < -0.3 is 4.74 Å². The molecule has 38 heavy (non-hydrogen) atoms. The van der Waals surface area contributed by atoms with Gasteiger partial charge in [0.15, 0.2) is 11.5 Å². The zero-order chi connectivity index (χ0) is 27.6. The van der Waals surface area contributed by atoms with Gasteiger partial charge in [0.1, 0.15) is 11.4 Å². The fourth-order valence-electron chi connectivity index (χ4n) is 5.51. The lowest BCUT2D eigenvalue weighted by Gasteiger charge is -2.42. The molecule has 1 aliphatic carbocycles. The van der Waals surface area contributed by atoms with Gasteiger partial charge in [-0.1, -0.05) is 39.8 Å². The summed E-state index contributed by atoms with van der Waals surface area (Å²) in [5.41, 5.74) is 6.54. The average Bonchev–Trinajstić information content (AvgIpc) is 3.15. The molecular weight excluding hydrogens is 476 g/mol. The summed E-state index contributed by atoms with van der Waals surface area (Å²) >= 11 is 0. The third-order valence-electron chi connectivity index (χ3n) is 7.92. The number of hydrazine groups is 1. The Hall–Kier alpha value is -3.78. The highest BCUT2D eigenvalue weighted by Gasteiger charge is 2.37. The van der Waals surface area contributed by atoms with E-state index >= 15 is 0 Å². The van der Waals surface area contributed by atoms with E-state index in [2.05, 4.69) is 54.9 Å². The number of hydrogen-bond acceptors (Lipinski definition) is 6. The third kappa shape index (κ3) is 4.32. The van der Waals surface area contributed by atoms with Crippen LogP contribution < -0.4 is 15.6 Å². The first-order chi connectivity index (χ1) is 17.8. The van der Waals surface area contributed by atoms with Crippen LogP contribution in [0.25, 0.3) is 11.0 Å². The molecule has 198 valence electrons. The van der Waals surface area contributed by atoms with Crippen molar-refractivity contribution in [1.82, 2.24) is 19.7 Å². The highest BCUT2D eigenvalue weighted by Crippen LogP contribution is 2.48.